The highest BCUT2D eigenvalue weighted by Crippen LogP contribution is 2.09. The van der Waals surface area contributed by atoms with Crippen LogP contribution in [0.15, 0.2) is 0 Å². The molecule has 7 heavy (non-hydrogen) atoms. The van der Waals surface area contributed by atoms with Crippen molar-refractivity contribution in [2.75, 3.05) is 23.0 Å². The first-order valence-corrected chi connectivity index (χ1v) is 4.96. The van der Waals surface area contributed by atoms with Crippen LogP contribution in [-0.4, -0.2) is 27.6 Å². The van der Waals surface area contributed by atoms with Crippen molar-refractivity contribution in [3.05, 3.63) is 0 Å². The first-order valence-electron chi connectivity index (χ1n) is 2.32. The molecule has 0 spiro atoms. The van der Waals surface area contributed by atoms with Gasteiger partial charge in [0.15, 0.2) is 0 Å². The molecule has 1 heterocycles. The van der Waals surface area contributed by atoms with E-state index in [-0.39, 0.29) is 0 Å². The Balaban J connectivity index is 2.12. The van der Waals surface area contributed by atoms with Crippen molar-refractivity contribution in [1.82, 2.24) is 0 Å². The largest absolute Gasteiger partial charge is 0.616 e. The molecule has 1 rings (SSSR count). The van der Waals surface area contributed by atoms with Crippen molar-refractivity contribution < 1.29 is 4.55 Å². The maximum Gasteiger partial charge on any atom is 0.114 e. The highest BCUT2D eigenvalue weighted by Gasteiger charge is 2.10. The molecule has 1 nitrogen and oxygen atoms in total. The van der Waals surface area contributed by atoms with E-state index in [1.54, 1.807) is 0 Å². The van der Waals surface area contributed by atoms with Gasteiger partial charge in [-0.05, 0) is 0 Å². The summed E-state index contributed by atoms with van der Waals surface area (Å²) in [6, 6.07) is 0. The van der Waals surface area contributed by atoms with E-state index < -0.39 is 11.2 Å². The third kappa shape index (κ3) is 1.93. The Morgan fingerprint density at radius 1 is 1.29 bits per heavy atom. The molecule has 0 aromatic rings. The summed E-state index contributed by atoms with van der Waals surface area (Å²) in [5, 5.41) is 0. The molecule has 0 aliphatic carbocycles. The third-order valence-corrected chi connectivity index (χ3v) is 3.73. The third-order valence-electron chi connectivity index (χ3n) is 0.911. The molecule has 0 amide bonds. The Bertz CT molecular complexity index is 51.7. The van der Waals surface area contributed by atoms with Crippen LogP contribution in [-0.2, 0) is 11.2 Å². The molecule has 0 aromatic heterocycles. The summed E-state index contributed by atoms with van der Waals surface area (Å²) in [5.41, 5.74) is 0. The van der Waals surface area contributed by atoms with E-state index in [9.17, 15) is 4.55 Å². The van der Waals surface area contributed by atoms with Gasteiger partial charge in [-0.3, -0.25) is 0 Å². The van der Waals surface area contributed by atoms with Crippen LogP contribution in [0.25, 0.3) is 0 Å². The maximum absolute atomic E-state index is 10.6. The molecule has 1 aliphatic heterocycles. The zero-order chi connectivity index (χ0) is 5.11. The highest BCUT2D eigenvalue weighted by atomic mass is 32.2. The number of thioether (sulfide) groups is 1. The SMILES string of the molecule is [O-][S+]1CCSCC1. The number of rotatable bonds is 0. The maximum atomic E-state index is 10.6. The average Bonchev–Trinajstić information content (AvgIpc) is 1.69. The Morgan fingerprint density at radius 3 is 2.14 bits per heavy atom. The van der Waals surface area contributed by atoms with Gasteiger partial charge in [0.2, 0.25) is 0 Å². The summed E-state index contributed by atoms with van der Waals surface area (Å²) < 4.78 is 10.6. The van der Waals surface area contributed by atoms with E-state index in [1.807, 2.05) is 11.8 Å². The predicted molar refractivity (Wildman–Crippen MR) is 35.2 cm³/mol. The van der Waals surface area contributed by atoms with Crippen LogP contribution in [0.4, 0.5) is 0 Å². The van der Waals surface area contributed by atoms with E-state index in [4.69, 9.17) is 0 Å². The zero-order valence-corrected chi connectivity index (χ0v) is 5.69. The fourth-order valence-electron chi connectivity index (χ4n) is 0.508. The lowest BCUT2D eigenvalue weighted by Gasteiger charge is -2.14. The van der Waals surface area contributed by atoms with E-state index in [2.05, 4.69) is 0 Å². The zero-order valence-electron chi connectivity index (χ0n) is 4.05. The monoisotopic (exact) mass is 136 g/mol. The van der Waals surface area contributed by atoms with Crippen LogP contribution in [0.5, 0.6) is 0 Å². The molecule has 1 aliphatic rings. The molecule has 1 saturated heterocycles. The van der Waals surface area contributed by atoms with Crippen molar-refractivity contribution in [2.45, 2.75) is 0 Å². The smallest absolute Gasteiger partial charge is 0.114 e. The van der Waals surface area contributed by atoms with Crippen LogP contribution >= 0.6 is 11.8 Å². The van der Waals surface area contributed by atoms with E-state index in [0.717, 1.165) is 23.0 Å². The van der Waals surface area contributed by atoms with Crippen molar-refractivity contribution in [2.24, 2.45) is 0 Å². The molecular weight excluding hydrogens is 128 g/mol. The standard InChI is InChI=1S/C4H8OS2/c5-7-3-1-6-2-4-7/h1-4H2. The molecule has 0 saturated carbocycles. The van der Waals surface area contributed by atoms with Gasteiger partial charge in [0.1, 0.15) is 11.5 Å². The molecule has 3 heteroatoms. The number of hydrogen-bond donors (Lipinski definition) is 0. The fraction of sp³-hybridized carbons (Fsp3) is 1.00. The summed E-state index contributed by atoms with van der Waals surface area (Å²) in [6.07, 6.45) is 0. The number of hydrogen-bond acceptors (Lipinski definition) is 2. The molecule has 0 unspecified atom stereocenters. The van der Waals surface area contributed by atoms with E-state index >= 15 is 0 Å². The van der Waals surface area contributed by atoms with Crippen LogP contribution in [0.1, 0.15) is 0 Å². The Kier molecular flexibility index (Phi) is 2.35. The van der Waals surface area contributed by atoms with Gasteiger partial charge in [0, 0.05) is 11.5 Å². The lowest BCUT2D eigenvalue weighted by molar-refractivity contribution is 0.597. The van der Waals surface area contributed by atoms with Gasteiger partial charge in [-0.25, -0.2) is 0 Å². The van der Waals surface area contributed by atoms with Crippen LogP contribution in [0, 0.1) is 0 Å². The molecule has 0 bridgehead atoms. The van der Waals surface area contributed by atoms with E-state index in [0.29, 0.717) is 0 Å². The van der Waals surface area contributed by atoms with Crippen molar-refractivity contribution in [1.29, 1.82) is 0 Å². The molecule has 42 valence electrons. The molecule has 1 fully saturated rings. The molecular formula is C4H8OS2. The van der Waals surface area contributed by atoms with Crippen molar-refractivity contribution >= 4 is 22.9 Å². The van der Waals surface area contributed by atoms with Gasteiger partial charge in [0.05, 0.1) is 0 Å². The average molecular weight is 136 g/mol. The Hall–Kier alpha value is 0.660. The van der Waals surface area contributed by atoms with Gasteiger partial charge < -0.3 is 4.55 Å². The summed E-state index contributed by atoms with van der Waals surface area (Å²) in [4.78, 5) is 0. The summed E-state index contributed by atoms with van der Waals surface area (Å²) in [5.74, 6) is 4.05. The van der Waals surface area contributed by atoms with Gasteiger partial charge >= 0.3 is 0 Å². The highest BCUT2D eigenvalue weighted by molar-refractivity contribution is 8.03. The first-order chi connectivity index (χ1) is 3.39. The van der Waals surface area contributed by atoms with Gasteiger partial charge in [-0.1, -0.05) is 11.2 Å². The second-order valence-electron chi connectivity index (χ2n) is 1.46. The van der Waals surface area contributed by atoms with Crippen molar-refractivity contribution in [3.63, 3.8) is 0 Å². The summed E-state index contributed by atoms with van der Waals surface area (Å²) in [7, 11) is 0. The van der Waals surface area contributed by atoms with Gasteiger partial charge in [-0.2, -0.15) is 11.8 Å². The summed E-state index contributed by atoms with van der Waals surface area (Å²) >= 11 is 1.44. The second-order valence-corrected chi connectivity index (χ2v) is 4.38. The van der Waals surface area contributed by atoms with Crippen LogP contribution < -0.4 is 0 Å². The van der Waals surface area contributed by atoms with Gasteiger partial charge in [0.25, 0.3) is 0 Å². The summed E-state index contributed by atoms with van der Waals surface area (Å²) in [6.45, 7) is 0. The van der Waals surface area contributed by atoms with Crippen LogP contribution in [0.2, 0.25) is 0 Å². The normalized spacial score (nSPS) is 25.3. The predicted octanol–water partition coefficient (Wildman–Crippen LogP) is 0.482. The minimum Gasteiger partial charge on any atom is -0.616 e. The Labute approximate surface area is 51.0 Å². The molecule has 0 radical (unpaired) electrons. The lowest BCUT2D eigenvalue weighted by atomic mass is 10.9. The molecule has 0 aromatic carbocycles. The lowest BCUT2D eigenvalue weighted by Crippen LogP contribution is -2.19. The van der Waals surface area contributed by atoms with E-state index in [1.165, 1.54) is 0 Å². The first kappa shape index (κ1) is 5.79. The topological polar surface area (TPSA) is 23.1 Å². The molecule has 0 N–H and O–H groups in total. The minimum absolute atomic E-state index is 0.461. The fourth-order valence-corrected chi connectivity index (χ4v) is 3.35. The minimum atomic E-state index is -0.461. The quantitative estimate of drug-likeness (QED) is 0.452. The molecule has 0 atom stereocenters. The second kappa shape index (κ2) is 2.84. The van der Waals surface area contributed by atoms with Crippen LogP contribution in [0.3, 0.4) is 0 Å². The Morgan fingerprint density at radius 2 is 1.86 bits per heavy atom. The van der Waals surface area contributed by atoms with Gasteiger partial charge in [-0.15, -0.1) is 0 Å². The van der Waals surface area contributed by atoms with Crippen molar-refractivity contribution in [3.8, 4) is 0 Å².